The molecule has 1 N–H and O–H groups in total. The van der Waals surface area contributed by atoms with Gasteiger partial charge in [0, 0.05) is 11.1 Å². The Balaban J connectivity index is 2.15. The molecule has 1 aliphatic carbocycles. The summed E-state index contributed by atoms with van der Waals surface area (Å²) in [6.45, 7) is 4.71. The van der Waals surface area contributed by atoms with Crippen molar-refractivity contribution < 1.29 is 0 Å². The lowest BCUT2D eigenvalue weighted by Crippen LogP contribution is -2.23. The third-order valence-corrected chi connectivity index (χ3v) is 3.31. The largest absolute Gasteiger partial charge is 0.303 e. The summed E-state index contributed by atoms with van der Waals surface area (Å²) in [6.07, 6.45) is 5.64. The molecule has 1 heteroatoms. The van der Waals surface area contributed by atoms with E-state index in [0.29, 0.717) is 11.1 Å². The summed E-state index contributed by atoms with van der Waals surface area (Å²) in [5, 5.41) is 3.58. The van der Waals surface area contributed by atoms with Gasteiger partial charge in [-0.15, -0.1) is 0 Å². The maximum absolute atomic E-state index is 3.58. The minimum absolute atomic E-state index is 0.533. The summed E-state index contributed by atoms with van der Waals surface area (Å²) in [6, 6.07) is 0. The number of nitrogens with one attached hydrogen (secondary N) is 1. The van der Waals surface area contributed by atoms with Gasteiger partial charge < -0.3 is 5.32 Å². The summed E-state index contributed by atoms with van der Waals surface area (Å²) in [4.78, 5) is 0. The summed E-state index contributed by atoms with van der Waals surface area (Å²) in [5.41, 5.74) is 1.07. The van der Waals surface area contributed by atoms with E-state index in [1.54, 1.807) is 0 Å². The second-order valence-electron chi connectivity index (χ2n) is 4.00. The van der Waals surface area contributed by atoms with E-state index in [2.05, 4.69) is 19.2 Å². The summed E-state index contributed by atoms with van der Waals surface area (Å²) >= 11 is 0. The molecule has 0 aromatic heterocycles. The van der Waals surface area contributed by atoms with Crippen LogP contribution in [0, 0.1) is 0 Å². The third-order valence-electron chi connectivity index (χ3n) is 3.31. The zero-order valence-electron chi connectivity index (χ0n) is 6.33. The van der Waals surface area contributed by atoms with Gasteiger partial charge in [-0.05, 0) is 26.7 Å². The normalized spacial score (nSPS) is 56.7. The predicted octanol–water partition coefficient (Wildman–Crippen LogP) is 1.68. The van der Waals surface area contributed by atoms with Crippen molar-refractivity contribution in [3.05, 3.63) is 0 Å². The molecule has 1 nitrogen and oxygen atoms in total. The van der Waals surface area contributed by atoms with Gasteiger partial charge in [-0.3, -0.25) is 0 Å². The number of fused-ring (bicyclic) bond motifs is 1. The summed E-state index contributed by atoms with van der Waals surface area (Å²) in [7, 11) is 0. The van der Waals surface area contributed by atoms with E-state index in [1.807, 2.05) is 0 Å². The van der Waals surface area contributed by atoms with Gasteiger partial charge in [-0.2, -0.15) is 0 Å². The topological polar surface area (TPSA) is 21.9 Å². The number of hydrogen-bond donors (Lipinski definition) is 1. The smallest absolute Gasteiger partial charge is 0.0338 e. The van der Waals surface area contributed by atoms with Gasteiger partial charge in [0.2, 0.25) is 0 Å². The first kappa shape index (κ1) is 5.72. The second-order valence-corrected chi connectivity index (χ2v) is 4.00. The van der Waals surface area contributed by atoms with E-state index < -0.39 is 0 Å². The lowest BCUT2D eigenvalue weighted by molar-refractivity contribution is 0.409. The van der Waals surface area contributed by atoms with Crippen LogP contribution in [0.1, 0.15) is 39.5 Å². The fourth-order valence-corrected chi connectivity index (χ4v) is 2.21. The molecule has 2 rings (SSSR count). The van der Waals surface area contributed by atoms with Crippen LogP contribution in [0.3, 0.4) is 0 Å². The molecule has 0 spiro atoms. The molecule has 0 bridgehead atoms. The molecular weight excluding hydrogens is 110 g/mol. The number of rotatable bonds is 0. The van der Waals surface area contributed by atoms with Gasteiger partial charge in [0.1, 0.15) is 0 Å². The van der Waals surface area contributed by atoms with Gasteiger partial charge in [-0.1, -0.05) is 12.8 Å². The minimum Gasteiger partial charge on any atom is -0.303 e. The molecule has 0 amide bonds. The van der Waals surface area contributed by atoms with Gasteiger partial charge in [0.15, 0.2) is 0 Å². The maximum atomic E-state index is 3.58. The molecule has 1 aliphatic heterocycles. The SMILES string of the molecule is CC12CCCCC1(C)N2. The van der Waals surface area contributed by atoms with E-state index in [9.17, 15) is 0 Å². The molecule has 2 aliphatic rings. The zero-order valence-corrected chi connectivity index (χ0v) is 6.33. The molecule has 0 aromatic carbocycles. The van der Waals surface area contributed by atoms with Crippen molar-refractivity contribution in [3.8, 4) is 0 Å². The molecule has 2 unspecified atom stereocenters. The van der Waals surface area contributed by atoms with Crippen LogP contribution in [-0.4, -0.2) is 11.1 Å². The first-order chi connectivity index (χ1) is 4.16. The second kappa shape index (κ2) is 1.34. The monoisotopic (exact) mass is 125 g/mol. The Kier molecular flexibility index (Phi) is 0.852. The molecule has 1 heterocycles. The van der Waals surface area contributed by atoms with E-state index in [-0.39, 0.29) is 0 Å². The van der Waals surface area contributed by atoms with Crippen LogP contribution in [0.2, 0.25) is 0 Å². The highest BCUT2D eigenvalue weighted by Gasteiger charge is 2.60. The van der Waals surface area contributed by atoms with Gasteiger partial charge in [0.05, 0.1) is 0 Å². The Bertz CT molecular complexity index is 120. The van der Waals surface area contributed by atoms with E-state index >= 15 is 0 Å². The average Bonchev–Trinajstić information content (AvgIpc) is 2.33. The highest BCUT2D eigenvalue weighted by molar-refractivity contribution is 5.23. The molecule has 2 fully saturated rings. The van der Waals surface area contributed by atoms with E-state index in [1.165, 1.54) is 25.7 Å². The highest BCUT2D eigenvalue weighted by Crippen LogP contribution is 2.48. The Morgan fingerprint density at radius 2 is 1.44 bits per heavy atom. The predicted molar refractivity (Wildman–Crippen MR) is 38.4 cm³/mol. The lowest BCUT2D eigenvalue weighted by Gasteiger charge is -2.20. The van der Waals surface area contributed by atoms with Crippen LogP contribution < -0.4 is 5.32 Å². The molecule has 2 atom stereocenters. The highest BCUT2D eigenvalue weighted by atomic mass is 15.3. The Labute approximate surface area is 56.8 Å². The zero-order chi connectivity index (χ0) is 6.54. The first-order valence-electron chi connectivity index (χ1n) is 3.96. The van der Waals surface area contributed by atoms with Gasteiger partial charge in [-0.25, -0.2) is 0 Å². The van der Waals surface area contributed by atoms with Crippen molar-refractivity contribution in [1.29, 1.82) is 0 Å². The molecule has 9 heavy (non-hydrogen) atoms. The lowest BCUT2D eigenvalue weighted by atomic mass is 9.82. The van der Waals surface area contributed by atoms with Crippen molar-refractivity contribution in [3.63, 3.8) is 0 Å². The fourth-order valence-electron chi connectivity index (χ4n) is 2.21. The third kappa shape index (κ3) is 0.586. The van der Waals surface area contributed by atoms with Crippen molar-refractivity contribution in [2.75, 3.05) is 0 Å². The Morgan fingerprint density at radius 3 is 1.78 bits per heavy atom. The molecule has 0 radical (unpaired) electrons. The minimum atomic E-state index is 0.533. The van der Waals surface area contributed by atoms with Gasteiger partial charge in [0.25, 0.3) is 0 Å². The summed E-state index contributed by atoms with van der Waals surface area (Å²) in [5.74, 6) is 0. The maximum Gasteiger partial charge on any atom is 0.0338 e. The molecule has 1 saturated carbocycles. The van der Waals surface area contributed by atoms with E-state index in [4.69, 9.17) is 0 Å². The Hall–Kier alpha value is -0.0400. The standard InChI is InChI=1S/C8H15N/c1-7-5-3-4-6-8(7,2)9-7/h9H,3-6H2,1-2H3. The molecule has 0 aromatic rings. The van der Waals surface area contributed by atoms with Crippen molar-refractivity contribution in [2.24, 2.45) is 0 Å². The van der Waals surface area contributed by atoms with Crippen LogP contribution in [0.4, 0.5) is 0 Å². The fraction of sp³-hybridized carbons (Fsp3) is 1.00. The van der Waals surface area contributed by atoms with Crippen molar-refractivity contribution in [1.82, 2.24) is 5.32 Å². The Morgan fingerprint density at radius 1 is 1.00 bits per heavy atom. The quantitative estimate of drug-likeness (QED) is 0.489. The van der Waals surface area contributed by atoms with Crippen LogP contribution in [0.25, 0.3) is 0 Å². The van der Waals surface area contributed by atoms with Crippen LogP contribution in [0.15, 0.2) is 0 Å². The van der Waals surface area contributed by atoms with Crippen molar-refractivity contribution >= 4 is 0 Å². The average molecular weight is 125 g/mol. The first-order valence-corrected chi connectivity index (χ1v) is 3.96. The van der Waals surface area contributed by atoms with Crippen LogP contribution >= 0.6 is 0 Å². The van der Waals surface area contributed by atoms with Crippen LogP contribution in [-0.2, 0) is 0 Å². The van der Waals surface area contributed by atoms with Gasteiger partial charge >= 0.3 is 0 Å². The van der Waals surface area contributed by atoms with E-state index in [0.717, 1.165) is 0 Å². The molecule has 52 valence electrons. The molecule has 1 saturated heterocycles. The van der Waals surface area contributed by atoms with Crippen molar-refractivity contribution in [2.45, 2.75) is 50.6 Å². The number of hydrogen-bond acceptors (Lipinski definition) is 1. The summed E-state index contributed by atoms with van der Waals surface area (Å²) < 4.78 is 0. The molecular formula is C8H15N. The van der Waals surface area contributed by atoms with Crippen LogP contribution in [0.5, 0.6) is 0 Å².